The van der Waals surface area contributed by atoms with Gasteiger partial charge in [0.05, 0.1) is 11.8 Å². The van der Waals surface area contributed by atoms with E-state index in [9.17, 15) is 4.79 Å². The lowest BCUT2D eigenvalue weighted by atomic mass is 10.0. The zero-order valence-electron chi connectivity index (χ0n) is 15.1. The number of carbonyl (C=O) groups excluding carboxylic acids is 1. The second-order valence-corrected chi connectivity index (χ2v) is 8.17. The zero-order valence-corrected chi connectivity index (χ0v) is 16.7. The van der Waals surface area contributed by atoms with Gasteiger partial charge in [-0.2, -0.15) is 0 Å². The van der Waals surface area contributed by atoms with Crippen LogP contribution in [0.5, 0.6) is 0 Å². The molecule has 0 bridgehead atoms. The number of rotatable bonds is 9. The van der Waals surface area contributed by atoms with Gasteiger partial charge < -0.3 is 10.6 Å². The minimum atomic E-state index is 0.00933. The molecule has 0 spiro atoms. The predicted molar refractivity (Wildman–Crippen MR) is 113 cm³/mol. The minimum absolute atomic E-state index is 0.00933. The van der Waals surface area contributed by atoms with Crippen molar-refractivity contribution in [1.29, 1.82) is 0 Å². The van der Waals surface area contributed by atoms with Crippen LogP contribution in [0.25, 0.3) is 0 Å². The molecular formula is C20H22N4OS2. The minimum Gasteiger partial charge on any atom is -0.349 e. The van der Waals surface area contributed by atoms with Crippen molar-refractivity contribution in [3.63, 3.8) is 0 Å². The van der Waals surface area contributed by atoms with Crippen molar-refractivity contribution in [2.45, 2.75) is 30.1 Å². The Morgan fingerprint density at radius 3 is 2.48 bits per heavy atom. The van der Waals surface area contributed by atoms with Crippen LogP contribution in [0.2, 0.25) is 0 Å². The second-order valence-electron chi connectivity index (χ2n) is 5.97. The molecule has 7 heteroatoms. The van der Waals surface area contributed by atoms with E-state index >= 15 is 0 Å². The molecule has 140 valence electrons. The first-order chi connectivity index (χ1) is 13.2. The largest absolute Gasteiger partial charge is 0.349 e. The Kier molecular flexibility index (Phi) is 7.24. The molecule has 0 fully saturated rings. The molecule has 0 radical (unpaired) electrons. The van der Waals surface area contributed by atoms with Crippen LogP contribution in [-0.2, 0) is 4.79 Å². The highest BCUT2D eigenvalue weighted by Crippen LogP contribution is 2.27. The van der Waals surface area contributed by atoms with Gasteiger partial charge in [0.25, 0.3) is 0 Å². The molecule has 3 aromatic rings. The molecule has 0 aliphatic rings. The fourth-order valence-corrected chi connectivity index (χ4v) is 4.21. The van der Waals surface area contributed by atoms with Crippen molar-refractivity contribution in [3.8, 4) is 0 Å². The first-order valence-corrected chi connectivity index (χ1v) is 10.7. The lowest BCUT2D eigenvalue weighted by Crippen LogP contribution is -2.29. The lowest BCUT2D eigenvalue weighted by Gasteiger charge is -2.18. The zero-order chi connectivity index (χ0) is 18.9. The highest BCUT2D eigenvalue weighted by molar-refractivity contribution is 8.01. The average Bonchev–Trinajstić information content (AvgIpc) is 3.15. The van der Waals surface area contributed by atoms with Crippen LogP contribution in [0.1, 0.15) is 31.4 Å². The van der Waals surface area contributed by atoms with E-state index in [1.165, 1.54) is 23.1 Å². The molecule has 1 amide bonds. The van der Waals surface area contributed by atoms with Gasteiger partial charge in [0.15, 0.2) is 4.34 Å². The molecule has 1 unspecified atom stereocenters. The number of amides is 1. The van der Waals surface area contributed by atoms with Crippen LogP contribution in [0.4, 0.5) is 10.8 Å². The van der Waals surface area contributed by atoms with E-state index in [0.717, 1.165) is 33.6 Å². The summed E-state index contributed by atoms with van der Waals surface area (Å²) in [5, 5.41) is 15.3. The Hall–Kier alpha value is -2.38. The number of thioether (sulfide) groups is 1. The molecule has 1 aromatic heterocycles. The normalized spacial score (nSPS) is 11.7. The molecule has 3 rings (SSSR count). The third-order valence-corrected chi connectivity index (χ3v) is 5.84. The molecule has 27 heavy (non-hydrogen) atoms. The van der Waals surface area contributed by atoms with Gasteiger partial charge in [0, 0.05) is 5.69 Å². The topological polar surface area (TPSA) is 66.9 Å². The molecule has 5 nitrogen and oxygen atoms in total. The molecule has 1 atom stereocenters. The molecule has 2 N–H and O–H groups in total. The molecule has 2 aromatic carbocycles. The van der Waals surface area contributed by atoms with Crippen LogP contribution in [0, 0.1) is 0 Å². The van der Waals surface area contributed by atoms with E-state index in [4.69, 9.17) is 0 Å². The van der Waals surface area contributed by atoms with Gasteiger partial charge in [-0.15, -0.1) is 10.2 Å². The highest BCUT2D eigenvalue weighted by atomic mass is 32.2. The summed E-state index contributed by atoms with van der Waals surface area (Å²) >= 11 is 2.85. The van der Waals surface area contributed by atoms with Gasteiger partial charge in [-0.05, 0) is 24.1 Å². The van der Waals surface area contributed by atoms with E-state index in [0.29, 0.717) is 5.75 Å². The summed E-state index contributed by atoms with van der Waals surface area (Å²) in [6.07, 6.45) is 1.93. The summed E-state index contributed by atoms with van der Waals surface area (Å²) in [6, 6.07) is 20.0. The third-order valence-electron chi connectivity index (χ3n) is 3.87. The SMILES string of the molecule is CCCC(NC(=O)CSc1nnc(Nc2ccccc2)s1)c1ccccc1. The van der Waals surface area contributed by atoms with Crippen molar-refractivity contribution >= 4 is 39.8 Å². The van der Waals surface area contributed by atoms with Crippen molar-refractivity contribution in [3.05, 3.63) is 66.2 Å². The Bertz CT molecular complexity index is 839. The summed E-state index contributed by atoms with van der Waals surface area (Å²) in [5.41, 5.74) is 2.11. The number of para-hydroxylation sites is 1. The Labute approximate surface area is 167 Å². The Morgan fingerprint density at radius 1 is 1.07 bits per heavy atom. The van der Waals surface area contributed by atoms with Gasteiger partial charge in [-0.1, -0.05) is 85.0 Å². The predicted octanol–water partition coefficient (Wildman–Crippen LogP) is 5.03. The molecular weight excluding hydrogens is 376 g/mol. The van der Waals surface area contributed by atoms with Crippen molar-refractivity contribution in [2.75, 3.05) is 11.1 Å². The molecule has 1 heterocycles. The van der Waals surface area contributed by atoms with Crippen LogP contribution in [-0.4, -0.2) is 21.9 Å². The van der Waals surface area contributed by atoms with Crippen LogP contribution in [0.3, 0.4) is 0 Å². The number of nitrogens with zero attached hydrogens (tertiary/aromatic N) is 2. The summed E-state index contributed by atoms with van der Waals surface area (Å²) in [6.45, 7) is 2.12. The van der Waals surface area contributed by atoms with Crippen LogP contribution < -0.4 is 10.6 Å². The molecule has 0 aliphatic heterocycles. The number of nitrogens with one attached hydrogen (secondary N) is 2. The van der Waals surface area contributed by atoms with Crippen LogP contribution >= 0.6 is 23.1 Å². The van der Waals surface area contributed by atoms with Gasteiger partial charge in [-0.3, -0.25) is 4.79 Å². The monoisotopic (exact) mass is 398 g/mol. The lowest BCUT2D eigenvalue weighted by molar-refractivity contribution is -0.119. The quantitative estimate of drug-likeness (QED) is 0.495. The summed E-state index contributed by atoms with van der Waals surface area (Å²) in [7, 11) is 0. The number of hydrogen-bond donors (Lipinski definition) is 2. The van der Waals surface area contributed by atoms with Crippen molar-refractivity contribution in [2.24, 2.45) is 0 Å². The van der Waals surface area contributed by atoms with E-state index in [2.05, 4.69) is 39.9 Å². The van der Waals surface area contributed by atoms with Gasteiger partial charge in [-0.25, -0.2) is 0 Å². The van der Waals surface area contributed by atoms with Crippen molar-refractivity contribution < 1.29 is 4.79 Å². The first-order valence-electron chi connectivity index (χ1n) is 8.87. The molecule has 0 aliphatic carbocycles. The first kappa shape index (κ1) is 19.4. The van der Waals surface area contributed by atoms with Crippen LogP contribution in [0.15, 0.2) is 65.0 Å². The summed E-state index contributed by atoms with van der Waals surface area (Å²) in [4.78, 5) is 12.4. The Balaban J connectivity index is 1.51. The molecule has 0 saturated carbocycles. The fraction of sp³-hybridized carbons (Fsp3) is 0.250. The smallest absolute Gasteiger partial charge is 0.230 e. The molecule has 0 saturated heterocycles. The average molecular weight is 399 g/mol. The summed E-state index contributed by atoms with van der Waals surface area (Å²) < 4.78 is 0.773. The van der Waals surface area contributed by atoms with E-state index in [-0.39, 0.29) is 11.9 Å². The Morgan fingerprint density at radius 2 is 1.78 bits per heavy atom. The van der Waals surface area contributed by atoms with E-state index < -0.39 is 0 Å². The van der Waals surface area contributed by atoms with Crippen molar-refractivity contribution in [1.82, 2.24) is 15.5 Å². The van der Waals surface area contributed by atoms with Gasteiger partial charge in [0.2, 0.25) is 11.0 Å². The highest BCUT2D eigenvalue weighted by Gasteiger charge is 2.14. The standard InChI is InChI=1S/C20H22N4OS2/c1-2-9-17(15-10-5-3-6-11-15)22-18(25)14-26-20-24-23-19(27-20)21-16-12-7-4-8-13-16/h3-8,10-13,17H,2,9,14H2,1H3,(H,21,23)(H,22,25). The van der Waals surface area contributed by atoms with E-state index in [1.807, 2.05) is 48.5 Å². The number of carbonyl (C=O) groups is 1. The van der Waals surface area contributed by atoms with Gasteiger partial charge >= 0.3 is 0 Å². The van der Waals surface area contributed by atoms with Gasteiger partial charge in [0.1, 0.15) is 0 Å². The maximum absolute atomic E-state index is 12.4. The number of aromatic nitrogens is 2. The third kappa shape index (κ3) is 6.08. The number of hydrogen-bond acceptors (Lipinski definition) is 6. The maximum atomic E-state index is 12.4. The summed E-state index contributed by atoms with van der Waals surface area (Å²) in [5.74, 6) is 0.336. The maximum Gasteiger partial charge on any atom is 0.230 e. The number of anilines is 2. The second kappa shape index (κ2) is 10.1. The number of benzene rings is 2. The van der Waals surface area contributed by atoms with E-state index in [1.54, 1.807) is 0 Å². The fourth-order valence-electron chi connectivity index (χ4n) is 2.62.